The maximum Gasteiger partial charge on any atom is 0.242 e. The molecular weight excluding hydrogens is 352 g/mol. The molecule has 1 aliphatic heterocycles. The first kappa shape index (κ1) is 17.9. The van der Waals surface area contributed by atoms with Gasteiger partial charge in [0.2, 0.25) is 12.7 Å². The van der Waals surface area contributed by atoms with E-state index in [-0.39, 0.29) is 18.7 Å². The van der Waals surface area contributed by atoms with Crippen molar-refractivity contribution in [2.45, 2.75) is 19.0 Å². The zero-order valence-electron chi connectivity index (χ0n) is 15.6. The number of rotatable bonds is 6. The molecule has 142 valence electrons. The highest BCUT2D eigenvalue weighted by Crippen LogP contribution is 2.34. The molecule has 0 unspecified atom stereocenters. The van der Waals surface area contributed by atoms with Crippen molar-refractivity contribution in [1.29, 1.82) is 0 Å². The Morgan fingerprint density at radius 2 is 1.46 bits per heavy atom. The molecule has 4 rings (SSSR count). The number of carbonyl (C=O) groups is 1. The zero-order chi connectivity index (χ0) is 19.3. The third-order valence-corrected chi connectivity index (χ3v) is 4.70. The molecule has 1 amide bonds. The van der Waals surface area contributed by atoms with Crippen molar-refractivity contribution >= 4 is 11.6 Å². The Labute approximate surface area is 164 Å². The molecule has 2 N–H and O–H groups in total. The molecule has 1 heterocycles. The van der Waals surface area contributed by atoms with Crippen LogP contribution in [-0.4, -0.2) is 18.7 Å². The summed E-state index contributed by atoms with van der Waals surface area (Å²) in [7, 11) is 0. The monoisotopic (exact) mass is 374 g/mol. The number of hydrogen-bond acceptors (Lipinski definition) is 4. The van der Waals surface area contributed by atoms with E-state index in [0.29, 0.717) is 5.75 Å². The molecule has 0 radical (unpaired) electrons. The van der Waals surface area contributed by atoms with E-state index in [0.717, 1.165) is 22.6 Å². The van der Waals surface area contributed by atoms with Gasteiger partial charge in [-0.25, -0.2) is 0 Å². The van der Waals surface area contributed by atoms with Gasteiger partial charge in [-0.2, -0.15) is 0 Å². The quantitative estimate of drug-likeness (QED) is 0.681. The average molecular weight is 374 g/mol. The van der Waals surface area contributed by atoms with Crippen LogP contribution in [0.2, 0.25) is 0 Å². The summed E-state index contributed by atoms with van der Waals surface area (Å²) in [6.45, 7) is 2.07. The van der Waals surface area contributed by atoms with Crippen LogP contribution in [0.4, 0.5) is 5.69 Å². The highest BCUT2D eigenvalue weighted by molar-refractivity contribution is 5.85. The van der Waals surface area contributed by atoms with Gasteiger partial charge in [-0.1, -0.05) is 60.7 Å². The Balaban J connectivity index is 1.49. The first-order chi connectivity index (χ1) is 13.7. The van der Waals surface area contributed by atoms with E-state index in [4.69, 9.17) is 9.47 Å². The van der Waals surface area contributed by atoms with Crippen molar-refractivity contribution in [2.75, 3.05) is 12.1 Å². The van der Waals surface area contributed by atoms with Crippen LogP contribution < -0.4 is 20.1 Å². The van der Waals surface area contributed by atoms with Crippen LogP contribution >= 0.6 is 0 Å². The molecule has 0 aromatic heterocycles. The molecule has 5 nitrogen and oxygen atoms in total. The smallest absolute Gasteiger partial charge is 0.242 e. The van der Waals surface area contributed by atoms with E-state index >= 15 is 0 Å². The highest BCUT2D eigenvalue weighted by Gasteiger charge is 2.21. The van der Waals surface area contributed by atoms with Crippen molar-refractivity contribution in [3.8, 4) is 11.5 Å². The number of benzene rings is 3. The van der Waals surface area contributed by atoms with Gasteiger partial charge in [0.15, 0.2) is 11.5 Å². The van der Waals surface area contributed by atoms with Gasteiger partial charge < -0.3 is 20.1 Å². The molecule has 0 saturated heterocycles. The number of anilines is 1. The maximum absolute atomic E-state index is 12.9. The third-order valence-electron chi connectivity index (χ3n) is 4.70. The minimum atomic E-state index is -0.421. The summed E-state index contributed by atoms with van der Waals surface area (Å²) in [5.74, 6) is 1.32. The minimum absolute atomic E-state index is 0.0876. The molecule has 0 bridgehead atoms. The summed E-state index contributed by atoms with van der Waals surface area (Å²) in [6, 6.07) is 24.9. The topological polar surface area (TPSA) is 59.6 Å². The average Bonchev–Trinajstić information content (AvgIpc) is 3.21. The van der Waals surface area contributed by atoms with Crippen molar-refractivity contribution in [3.05, 3.63) is 90.0 Å². The second-order valence-electron chi connectivity index (χ2n) is 6.70. The van der Waals surface area contributed by atoms with Crippen LogP contribution in [0.1, 0.15) is 24.1 Å². The first-order valence-electron chi connectivity index (χ1n) is 9.27. The van der Waals surface area contributed by atoms with Crippen LogP contribution in [0.25, 0.3) is 0 Å². The fourth-order valence-electron chi connectivity index (χ4n) is 3.22. The standard InChI is InChI=1S/C23H22N2O3/c1-16(24-19-12-13-20-21(14-19)28-15-27-20)23(26)25-22(17-8-4-2-5-9-17)18-10-6-3-7-11-18/h2-14,16,22,24H,15H2,1H3,(H,25,26)/t16-/m1/s1. The fraction of sp³-hybridized carbons (Fsp3) is 0.174. The van der Waals surface area contributed by atoms with Gasteiger partial charge in [-0.05, 0) is 30.2 Å². The van der Waals surface area contributed by atoms with Crippen LogP contribution in [0.5, 0.6) is 11.5 Å². The zero-order valence-corrected chi connectivity index (χ0v) is 15.6. The predicted octanol–water partition coefficient (Wildman–Crippen LogP) is 4.12. The first-order valence-corrected chi connectivity index (χ1v) is 9.27. The maximum atomic E-state index is 12.9. The van der Waals surface area contributed by atoms with E-state index < -0.39 is 6.04 Å². The number of carbonyl (C=O) groups excluding carboxylic acids is 1. The largest absolute Gasteiger partial charge is 0.454 e. The van der Waals surface area contributed by atoms with Gasteiger partial charge in [0.1, 0.15) is 6.04 Å². The van der Waals surface area contributed by atoms with Gasteiger partial charge in [-0.15, -0.1) is 0 Å². The summed E-state index contributed by atoms with van der Waals surface area (Å²) < 4.78 is 10.7. The molecule has 3 aromatic rings. The van der Waals surface area contributed by atoms with Crippen molar-refractivity contribution in [3.63, 3.8) is 0 Å². The molecule has 3 aromatic carbocycles. The lowest BCUT2D eigenvalue weighted by molar-refractivity contribution is -0.122. The molecular formula is C23H22N2O3. The summed E-state index contributed by atoms with van der Waals surface area (Å²) in [5.41, 5.74) is 2.89. The van der Waals surface area contributed by atoms with E-state index in [1.165, 1.54) is 0 Å². The molecule has 1 aliphatic rings. The molecule has 0 saturated carbocycles. The Morgan fingerprint density at radius 1 is 0.857 bits per heavy atom. The Hall–Kier alpha value is -3.47. The number of nitrogens with one attached hydrogen (secondary N) is 2. The molecule has 5 heteroatoms. The van der Waals surface area contributed by atoms with Crippen LogP contribution in [-0.2, 0) is 4.79 Å². The molecule has 0 aliphatic carbocycles. The molecule has 0 spiro atoms. The second-order valence-corrected chi connectivity index (χ2v) is 6.70. The molecule has 0 fully saturated rings. The number of amides is 1. The number of fused-ring (bicyclic) bond motifs is 1. The van der Waals surface area contributed by atoms with E-state index in [9.17, 15) is 4.79 Å². The van der Waals surface area contributed by atoms with E-state index in [1.54, 1.807) is 0 Å². The lowest BCUT2D eigenvalue weighted by atomic mass is 9.98. The van der Waals surface area contributed by atoms with Gasteiger partial charge in [-0.3, -0.25) is 4.79 Å². The van der Waals surface area contributed by atoms with Crippen molar-refractivity contribution in [2.24, 2.45) is 0 Å². The van der Waals surface area contributed by atoms with Gasteiger partial charge in [0.25, 0.3) is 0 Å². The predicted molar refractivity (Wildman–Crippen MR) is 109 cm³/mol. The van der Waals surface area contributed by atoms with E-state index in [1.807, 2.05) is 85.8 Å². The van der Waals surface area contributed by atoms with Gasteiger partial charge in [0.05, 0.1) is 6.04 Å². The van der Waals surface area contributed by atoms with Crippen LogP contribution in [0, 0.1) is 0 Å². The normalized spacial score (nSPS) is 13.2. The highest BCUT2D eigenvalue weighted by atomic mass is 16.7. The van der Waals surface area contributed by atoms with Gasteiger partial charge >= 0.3 is 0 Å². The van der Waals surface area contributed by atoms with Crippen LogP contribution in [0.15, 0.2) is 78.9 Å². The van der Waals surface area contributed by atoms with Gasteiger partial charge in [0, 0.05) is 11.8 Å². The Morgan fingerprint density at radius 3 is 2.11 bits per heavy atom. The summed E-state index contributed by atoms with van der Waals surface area (Å²) >= 11 is 0. The SMILES string of the molecule is C[C@@H](Nc1ccc2c(c1)OCO2)C(=O)NC(c1ccccc1)c1ccccc1. The molecule has 28 heavy (non-hydrogen) atoms. The lowest BCUT2D eigenvalue weighted by Crippen LogP contribution is -2.40. The number of ether oxygens (including phenoxy) is 2. The minimum Gasteiger partial charge on any atom is -0.454 e. The Bertz CT molecular complexity index is 905. The number of hydrogen-bond donors (Lipinski definition) is 2. The second kappa shape index (κ2) is 8.05. The molecule has 1 atom stereocenters. The van der Waals surface area contributed by atoms with E-state index in [2.05, 4.69) is 10.6 Å². The summed E-state index contributed by atoms with van der Waals surface area (Å²) in [6.07, 6.45) is 0. The van der Waals surface area contributed by atoms with Crippen molar-refractivity contribution in [1.82, 2.24) is 5.32 Å². The van der Waals surface area contributed by atoms with Crippen LogP contribution in [0.3, 0.4) is 0 Å². The van der Waals surface area contributed by atoms with Crippen molar-refractivity contribution < 1.29 is 14.3 Å². The Kier molecular flexibility index (Phi) is 5.15. The fourth-order valence-corrected chi connectivity index (χ4v) is 3.22. The third kappa shape index (κ3) is 3.93. The summed E-state index contributed by atoms with van der Waals surface area (Å²) in [4.78, 5) is 12.9. The summed E-state index contributed by atoms with van der Waals surface area (Å²) in [5, 5.41) is 6.40. The lowest BCUT2D eigenvalue weighted by Gasteiger charge is -2.23.